The van der Waals surface area contributed by atoms with Crippen LogP contribution in [0.1, 0.15) is 25.7 Å². The molecule has 0 rings (SSSR count). The molecule has 0 spiro atoms. The fourth-order valence-corrected chi connectivity index (χ4v) is 3.66. The van der Waals surface area contributed by atoms with Gasteiger partial charge in [0.1, 0.15) is 11.1 Å². The van der Waals surface area contributed by atoms with Crippen molar-refractivity contribution in [3.05, 3.63) is 0 Å². The van der Waals surface area contributed by atoms with Crippen molar-refractivity contribution in [3.63, 3.8) is 0 Å². The molecule has 7 N–H and O–H groups in total. The van der Waals surface area contributed by atoms with Crippen LogP contribution in [0.2, 0.25) is 0 Å². The lowest BCUT2D eigenvalue weighted by Crippen LogP contribution is -2.73. The normalized spacial score (nSPS) is 20.7. The highest BCUT2D eigenvalue weighted by Crippen LogP contribution is 2.44. The minimum Gasteiger partial charge on any atom is -0.550 e. The molecule has 4 unspecified atom stereocenters. The smallest absolute Gasteiger partial charge is 0.133 e. The van der Waals surface area contributed by atoms with Gasteiger partial charge in [-0.25, -0.2) is 0 Å². The third kappa shape index (κ3) is 6.10. The van der Waals surface area contributed by atoms with Crippen molar-refractivity contribution in [2.24, 2.45) is 0 Å². The Bertz CT molecular complexity index is 428. The summed E-state index contributed by atoms with van der Waals surface area (Å²) < 4.78 is -0.178. The number of carboxylic acid groups (broad SMARTS) is 1. The summed E-state index contributed by atoms with van der Waals surface area (Å²) in [7, 11) is 4.75. The van der Waals surface area contributed by atoms with Crippen LogP contribution in [-0.4, -0.2) is 117 Å². The molecule has 0 aliphatic rings. The van der Waals surface area contributed by atoms with Gasteiger partial charge in [-0.05, 0) is 0 Å². The maximum absolute atomic E-state index is 11.3. The second-order valence-electron chi connectivity index (χ2n) is 7.75. The first-order valence-electron chi connectivity index (χ1n) is 8.39. The molecule has 0 aromatic rings. The maximum atomic E-state index is 11.3. The van der Waals surface area contributed by atoms with E-state index in [-0.39, 0.29) is 17.3 Å². The number of rotatable bonds is 13. The van der Waals surface area contributed by atoms with Gasteiger partial charge in [-0.2, -0.15) is 0 Å². The Kier molecular flexibility index (Phi) is 9.58. The van der Waals surface area contributed by atoms with Crippen LogP contribution in [0, 0.1) is 0 Å². The van der Waals surface area contributed by atoms with E-state index in [4.69, 9.17) is 5.11 Å². The number of carbonyl (C=O) groups excluding carboxylic acids is 1. The number of carbonyl (C=O) groups is 1. The summed E-state index contributed by atoms with van der Waals surface area (Å²) in [6.07, 6.45) is -6.41. The zero-order chi connectivity index (χ0) is 20.8. The minimum absolute atomic E-state index is 0.178. The lowest BCUT2D eigenvalue weighted by atomic mass is 9.66. The Labute approximate surface area is 153 Å². The number of carboxylic acids is 1. The van der Waals surface area contributed by atoms with Crippen LogP contribution in [0.4, 0.5) is 0 Å². The molecule has 0 amide bonds. The number of likely N-dealkylation sites (N-methyl/N-ethyl adjacent to an activating group) is 1. The first-order valence-corrected chi connectivity index (χ1v) is 8.39. The molecule has 0 aliphatic heterocycles. The molecule has 0 heterocycles. The molecule has 4 atom stereocenters. The van der Waals surface area contributed by atoms with E-state index in [1.165, 1.54) is 0 Å². The van der Waals surface area contributed by atoms with E-state index in [0.29, 0.717) is 0 Å². The summed E-state index contributed by atoms with van der Waals surface area (Å²) in [5, 5.41) is 80.3. The van der Waals surface area contributed by atoms with E-state index < -0.39 is 68.1 Å². The van der Waals surface area contributed by atoms with E-state index >= 15 is 0 Å². The monoisotopic (exact) mass is 383 g/mol. The van der Waals surface area contributed by atoms with Gasteiger partial charge in [0.15, 0.2) is 0 Å². The first kappa shape index (κ1) is 25.1. The third-order valence-corrected chi connectivity index (χ3v) is 4.94. The van der Waals surface area contributed by atoms with Crippen LogP contribution >= 0.6 is 0 Å². The quantitative estimate of drug-likeness (QED) is 0.154. The van der Waals surface area contributed by atoms with Crippen LogP contribution in [0.15, 0.2) is 0 Å². The second-order valence-corrected chi connectivity index (χ2v) is 7.75. The highest BCUT2D eigenvalue weighted by atomic mass is 16.4. The van der Waals surface area contributed by atoms with Gasteiger partial charge in [0.05, 0.1) is 59.3 Å². The second kappa shape index (κ2) is 9.90. The Hall–Kier alpha value is -0.850. The van der Waals surface area contributed by atoms with Crippen LogP contribution in [0.25, 0.3) is 0 Å². The van der Waals surface area contributed by atoms with Crippen molar-refractivity contribution in [2.45, 2.75) is 55.1 Å². The third-order valence-electron chi connectivity index (χ3n) is 4.94. The topological polar surface area (TPSA) is 182 Å². The van der Waals surface area contributed by atoms with E-state index in [1.807, 2.05) is 0 Å². The van der Waals surface area contributed by atoms with Gasteiger partial charge >= 0.3 is 0 Å². The number of quaternary nitrogens is 1. The molecule has 26 heavy (non-hydrogen) atoms. The SMILES string of the molecule is C[N+](C)(C)C(CC(O)CO)(CC(O)CO)C(O)(CC(=O)[O-])CC(O)CO. The van der Waals surface area contributed by atoms with E-state index in [2.05, 4.69) is 0 Å². The molecule has 0 aromatic heterocycles. The lowest BCUT2D eigenvalue weighted by Gasteiger charge is -2.56. The average molecular weight is 383 g/mol. The van der Waals surface area contributed by atoms with Gasteiger partial charge in [-0.1, -0.05) is 0 Å². The van der Waals surface area contributed by atoms with E-state index in [1.54, 1.807) is 21.1 Å². The summed E-state index contributed by atoms with van der Waals surface area (Å²) in [6.45, 7) is -2.10. The Balaban J connectivity index is 6.48. The molecule has 0 saturated heterocycles. The number of aliphatic hydroxyl groups excluding tert-OH is 6. The zero-order valence-corrected chi connectivity index (χ0v) is 15.6. The summed E-state index contributed by atoms with van der Waals surface area (Å²) in [4.78, 5) is 11.3. The Morgan fingerprint density at radius 1 is 0.885 bits per heavy atom. The highest BCUT2D eigenvalue weighted by molar-refractivity contribution is 5.66. The molecule has 0 radical (unpaired) electrons. The maximum Gasteiger partial charge on any atom is 0.133 e. The molecule has 0 aliphatic carbocycles. The number of nitrogens with zero attached hydrogens (tertiary/aromatic N) is 1. The lowest BCUT2D eigenvalue weighted by molar-refractivity contribution is -0.935. The minimum atomic E-state index is -2.24. The van der Waals surface area contributed by atoms with Gasteiger partial charge in [0, 0.05) is 31.7 Å². The molecule has 10 nitrogen and oxygen atoms in total. The van der Waals surface area contributed by atoms with Gasteiger partial charge in [0.25, 0.3) is 0 Å². The summed E-state index contributed by atoms with van der Waals surface area (Å²) in [5.74, 6) is -1.63. The number of hydrogen-bond donors (Lipinski definition) is 7. The molecule has 10 heteroatoms. The summed E-state index contributed by atoms with van der Waals surface area (Å²) >= 11 is 0. The predicted octanol–water partition coefficient (Wildman–Crippen LogP) is -4.47. The van der Waals surface area contributed by atoms with Gasteiger partial charge in [-0.3, -0.25) is 0 Å². The van der Waals surface area contributed by atoms with Crippen LogP contribution in [-0.2, 0) is 4.79 Å². The molecule has 0 saturated carbocycles. The zero-order valence-electron chi connectivity index (χ0n) is 15.6. The van der Waals surface area contributed by atoms with Gasteiger partial charge in [-0.15, -0.1) is 0 Å². The Morgan fingerprint density at radius 2 is 1.23 bits per heavy atom. The fraction of sp³-hybridized carbons (Fsp3) is 0.938. The predicted molar refractivity (Wildman–Crippen MR) is 88.5 cm³/mol. The van der Waals surface area contributed by atoms with Crippen molar-refractivity contribution in [2.75, 3.05) is 41.0 Å². The van der Waals surface area contributed by atoms with Crippen molar-refractivity contribution >= 4 is 5.97 Å². The molecule has 0 bridgehead atoms. The Morgan fingerprint density at radius 3 is 1.50 bits per heavy atom. The molecular formula is C16H33NO9. The van der Waals surface area contributed by atoms with Crippen molar-refractivity contribution in [1.29, 1.82) is 0 Å². The van der Waals surface area contributed by atoms with Crippen LogP contribution in [0.3, 0.4) is 0 Å². The molecule has 156 valence electrons. The molecular weight excluding hydrogens is 350 g/mol. The standard InChI is InChI=1S/C16H33NO9/c1-17(2,3)15(4-11(21)8-18,5-12(22)9-19)16(26,7-14(24)25)6-13(23)10-20/h11-13,18-23,26H,4-10H2,1-3H3. The number of aliphatic carboxylic acids is 1. The summed E-state index contributed by atoms with van der Waals surface area (Å²) in [6, 6.07) is 0. The highest BCUT2D eigenvalue weighted by Gasteiger charge is 2.60. The largest absolute Gasteiger partial charge is 0.550 e. The van der Waals surface area contributed by atoms with Gasteiger partial charge in [0.2, 0.25) is 0 Å². The number of aliphatic hydroxyl groups is 7. The summed E-state index contributed by atoms with van der Waals surface area (Å²) in [5.41, 5.74) is -3.86. The van der Waals surface area contributed by atoms with Crippen molar-refractivity contribution in [3.8, 4) is 0 Å². The number of hydrogen-bond acceptors (Lipinski definition) is 9. The van der Waals surface area contributed by atoms with E-state index in [9.17, 15) is 40.5 Å². The molecule has 0 fully saturated rings. The molecule has 0 aromatic carbocycles. The van der Waals surface area contributed by atoms with Crippen LogP contribution < -0.4 is 5.11 Å². The van der Waals surface area contributed by atoms with Crippen molar-refractivity contribution in [1.82, 2.24) is 0 Å². The first-order chi connectivity index (χ1) is 11.8. The fourth-order valence-electron chi connectivity index (χ4n) is 3.66. The van der Waals surface area contributed by atoms with E-state index in [0.717, 1.165) is 0 Å². The average Bonchev–Trinajstić information content (AvgIpc) is 2.51. The van der Waals surface area contributed by atoms with Crippen molar-refractivity contribution < 1.29 is 50.1 Å². The van der Waals surface area contributed by atoms with Gasteiger partial charge < -0.3 is 50.1 Å². The van der Waals surface area contributed by atoms with Crippen LogP contribution in [0.5, 0.6) is 0 Å².